The minimum Gasteiger partial charge on any atom is -0.489 e. The standard InChI is InChI=1S/C27H34O4/c1-26(2)22-14-15-27(26,3)24(16-22)31-18-21-6-4-20(5-7-21)17-30-23-11-8-19(9-12-23)10-13-25(28)29/h4-9,11-12,22,24H,10,13-18H2,1-3H3,(H,28,29)/t22-,24+,27+/m0/s1. The Kier molecular flexibility index (Phi) is 6.11. The number of benzene rings is 2. The number of hydrogen-bond donors (Lipinski definition) is 1. The Bertz CT molecular complexity index is 900. The molecule has 2 bridgehead atoms. The average Bonchev–Trinajstić information content (AvgIpc) is 3.09. The quantitative estimate of drug-likeness (QED) is 0.537. The maximum Gasteiger partial charge on any atom is 0.303 e. The van der Waals surface area contributed by atoms with E-state index in [1.54, 1.807) is 0 Å². The molecule has 0 saturated heterocycles. The van der Waals surface area contributed by atoms with Crippen molar-refractivity contribution in [3.05, 3.63) is 65.2 Å². The molecule has 3 atom stereocenters. The van der Waals surface area contributed by atoms with E-state index >= 15 is 0 Å². The minimum absolute atomic E-state index is 0.147. The monoisotopic (exact) mass is 422 g/mol. The van der Waals surface area contributed by atoms with Crippen LogP contribution in [-0.2, 0) is 29.2 Å². The fourth-order valence-electron chi connectivity index (χ4n) is 5.48. The molecule has 2 aliphatic rings. The maximum absolute atomic E-state index is 10.7. The third-order valence-electron chi connectivity index (χ3n) is 8.14. The third-order valence-corrected chi connectivity index (χ3v) is 8.14. The van der Waals surface area contributed by atoms with Crippen molar-refractivity contribution in [2.45, 2.75) is 72.2 Å². The van der Waals surface area contributed by atoms with Crippen LogP contribution in [0, 0.1) is 16.7 Å². The van der Waals surface area contributed by atoms with Crippen LogP contribution in [0.3, 0.4) is 0 Å². The molecule has 2 fully saturated rings. The van der Waals surface area contributed by atoms with E-state index in [0.29, 0.717) is 36.6 Å². The highest BCUT2D eigenvalue weighted by molar-refractivity contribution is 5.67. The van der Waals surface area contributed by atoms with E-state index in [2.05, 4.69) is 45.0 Å². The Morgan fingerprint density at radius 3 is 2.13 bits per heavy atom. The van der Waals surface area contributed by atoms with Crippen LogP contribution in [0.15, 0.2) is 48.5 Å². The van der Waals surface area contributed by atoms with Crippen LogP contribution in [0.1, 0.15) is 63.1 Å². The summed E-state index contributed by atoms with van der Waals surface area (Å²) in [5, 5.41) is 8.77. The van der Waals surface area contributed by atoms with Crippen molar-refractivity contribution < 1.29 is 19.4 Å². The number of carboxylic acids is 1. The fraction of sp³-hybridized carbons (Fsp3) is 0.519. The van der Waals surface area contributed by atoms with Gasteiger partial charge in [0.05, 0.1) is 12.7 Å². The predicted molar refractivity (Wildman–Crippen MR) is 121 cm³/mol. The largest absolute Gasteiger partial charge is 0.489 e. The van der Waals surface area contributed by atoms with Crippen LogP contribution >= 0.6 is 0 Å². The number of aryl methyl sites for hydroxylation is 1. The van der Waals surface area contributed by atoms with Gasteiger partial charge in [0.1, 0.15) is 12.4 Å². The highest BCUT2D eigenvalue weighted by Gasteiger charge is 2.61. The lowest BCUT2D eigenvalue weighted by Crippen LogP contribution is -2.37. The van der Waals surface area contributed by atoms with Gasteiger partial charge in [-0.2, -0.15) is 0 Å². The van der Waals surface area contributed by atoms with E-state index in [9.17, 15) is 4.79 Å². The molecule has 166 valence electrons. The number of rotatable bonds is 9. The van der Waals surface area contributed by atoms with Gasteiger partial charge in [0, 0.05) is 6.42 Å². The number of hydrogen-bond acceptors (Lipinski definition) is 3. The molecule has 0 heterocycles. The molecule has 0 unspecified atom stereocenters. The second-order valence-corrected chi connectivity index (χ2v) is 10.1. The second kappa shape index (κ2) is 8.66. The molecule has 0 aliphatic heterocycles. The Morgan fingerprint density at radius 2 is 1.58 bits per heavy atom. The lowest BCUT2D eigenvalue weighted by Gasteiger charge is -2.38. The molecule has 0 radical (unpaired) electrons. The predicted octanol–water partition coefficient (Wildman–Crippen LogP) is 6.01. The Morgan fingerprint density at radius 1 is 0.968 bits per heavy atom. The number of aliphatic carboxylic acids is 1. The molecule has 2 aromatic carbocycles. The first-order valence-corrected chi connectivity index (χ1v) is 11.4. The van der Waals surface area contributed by atoms with Crippen molar-refractivity contribution >= 4 is 5.97 Å². The highest BCUT2D eigenvalue weighted by Crippen LogP contribution is 2.66. The van der Waals surface area contributed by atoms with E-state index in [0.717, 1.165) is 22.8 Å². The topological polar surface area (TPSA) is 55.8 Å². The number of carboxylic acid groups (broad SMARTS) is 1. The zero-order valence-corrected chi connectivity index (χ0v) is 18.9. The normalized spacial score (nSPS) is 26.2. The average molecular weight is 423 g/mol. The van der Waals surface area contributed by atoms with Gasteiger partial charge in [-0.15, -0.1) is 0 Å². The molecule has 0 spiro atoms. The van der Waals surface area contributed by atoms with Crippen LogP contribution in [0.4, 0.5) is 0 Å². The second-order valence-electron chi connectivity index (χ2n) is 10.1. The summed E-state index contributed by atoms with van der Waals surface area (Å²) in [7, 11) is 0. The highest BCUT2D eigenvalue weighted by atomic mass is 16.5. The Balaban J connectivity index is 1.25. The van der Waals surface area contributed by atoms with E-state index in [1.807, 2.05) is 24.3 Å². The van der Waals surface area contributed by atoms with E-state index < -0.39 is 5.97 Å². The van der Waals surface area contributed by atoms with Gasteiger partial charge in [-0.3, -0.25) is 4.79 Å². The van der Waals surface area contributed by atoms with Gasteiger partial charge < -0.3 is 14.6 Å². The van der Waals surface area contributed by atoms with Gasteiger partial charge in [-0.1, -0.05) is 57.2 Å². The van der Waals surface area contributed by atoms with Gasteiger partial charge >= 0.3 is 5.97 Å². The lowest BCUT2D eigenvalue weighted by molar-refractivity contribution is -0.136. The van der Waals surface area contributed by atoms with E-state index in [1.165, 1.54) is 24.8 Å². The number of ether oxygens (including phenoxy) is 2. The summed E-state index contributed by atoms with van der Waals surface area (Å²) in [6.45, 7) is 8.44. The van der Waals surface area contributed by atoms with Gasteiger partial charge in [-0.25, -0.2) is 0 Å². The van der Waals surface area contributed by atoms with Crippen LogP contribution < -0.4 is 4.74 Å². The summed E-state index contributed by atoms with van der Waals surface area (Å²) in [6.07, 6.45) is 4.88. The van der Waals surface area contributed by atoms with Gasteiger partial charge in [-0.05, 0) is 71.3 Å². The summed E-state index contributed by atoms with van der Waals surface area (Å²) in [4.78, 5) is 10.7. The smallest absolute Gasteiger partial charge is 0.303 e. The first-order chi connectivity index (χ1) is 14.8. The third kappa shape index (κ3) is 4.50. The minimum atomic E-state index is -0.775. The van der Waals surface area contributed by atoms with Gasteiger partial charge in [0.15, 0.2) is 0 Å². The number of fused-ring (bicyclic) bond motifs is 2. The number of carbonyl (C=O) groups is 1. The van der Waals surface area contributed by atoms with Crippen LogP contribution in [0.5, 0.6) is 5.75 Å². The molecule has 0 amide bonds. The summed E-state index contributed by atoms with van der Waals surface area (Å²) in [5.74, 6) is 0.814. The molecule has 31 heavy (non-hydrogen) atoms. The first-order valence-electron chi connectivity index (χ1n) is 11.4. The summed E-state index contributed by atoms with van der Waals surface area (Å²) in [6, 6.07) is 16.1. The summed E-state index contributed by atoms with van der Waals surface area (Å²) in [5.41, 5.74) is 4.01. The summed E-state index contributed by atoms with van der Waals surface area (Å²) >= 11 is 0. The molecule has 4 nitrogen and oxygen atoms in total. The molecule has 0 aromatic heterocycles. The van der Waals surface area contributed by atoms with Crippen LogP contribution in [-0.4, -0.2) is 17.2 Å². The van der Waals surface area contributed by atoms with Gasteiger partial charge in [0.2, 0.25) is 0 Å². The Labute approximate surface area is 185 Å². The van der Waals surface area contributed by atoms with Crippen molar-refractivity contribution in [2.24, 2.45) is 16.7 Å². The fourth-order valence-corrected chi connectivity index (χ4v) is 5.48. The Hall–Kier alpha value is -2.33. The van der Waals surface area contributed by atoms with Crippen molar-refractivity contribution in [1.29, 1.82) is 0 Å². The van der Waals surface area contributed by atoms with E-state index in [-0.39, 0.29) is 6.42 Å². The van der Waals surface area contributed by atoms with Crippen molar-refractivity contribution in [1.82, 2.24) is 0 Å². The summed E-state index contributed by atoms with van der Waals surface area (Å²) < 4.78 is 12.3. The zero-order valence-electron chi connectivity index (χ0n) is 18.9. The molecule has 2 aliphatic carbocycles. The van der Waals surface area contributed by atoms with Crippen LogP contribution in [0.25, 0.3) is 0 Å². The molecule has 2 aromatic rings. The molecular weight excluding hydrogens is 388 g/mol. The van der Waals surface area contributed by atoms with Gasteiger partial charge in [0.25, 0.3) is 0 Å². The van der Waals surface area contributed by atoms with Crippen molar-refractivity contribution in [3.63, 3.8) is 0 Å². The van der Waals surface area contributed by atoms with Crippen molar-refractivity contribution in [3.8, 4) is 5.75 Å². The molecule has 4 heteroatoms. The molecular formula is C27H34O4. The van der Waals surface area contributed by atoms with Crippen molar-refractivity contribution in [2.75, 3.05) is 0 Å². The zero-order chi connectivity index (χ0) is 22.1. The lowest BCUT2D eigenvalue weighted by atomic mass is 9.70. The maximum atomic E-state index is 10.7. The molecule has 1 N–H and O–H groups in total. The molecule has 2 saturated carbocycles. The molecule has 4 rings (SSSR count). The van der Waals surface area contributed by atoms with E-state index in [4.69, 9.17) is 14.6 Å². The first kappa shape index (κ1) is 21.9. The van der Waals surface area contributed by atoms with Crippen LogP contribution in [0.2, 0.25) is 0 Å². The SMILES string of the molecule is CC1(C)[C@H]2CC[C@]1(C)[C@H](OCc1ccc(COc3ccc(CCC(=O)O)cc3)cc1)C2.